The molecule has 0 aliphatic carbocycles. The molecule has 0 aliphatic heterocycles. The van der Waals surface area contributed by atoms with Crippen molar-refractivity contribution in [1.82, 2.24) is 10.9 Å². The number of rotatable bonds is 8. The van der Waals surface area contributed by atoms with E-state index in [0.717, 1.165) is 25.3 Å². The molecule has 33 heavy (non-hydrogen) atoms. The summed E-state index contributed by atoms with van der Waals surface area (Å²) < 4.78 is 19.4. The maximum Gasteiger partial charge on any atom is 0.338 e. The molecule has 0 unspecified atom stereocenters. The Morgan fingerprint density at radius 2 is 1.48 bits per heavy atom. The lowest BCUT2D eigenvalue weighted by Gasteiger charge is -2.11. The van der Waals surface area contributed by atoms with Crippen molar-refractivity contribution in [1.29, 1.82) is 0 Å². The van der Waals surface area contributed by atoms with E-state index >= 15 is 0 Å². The number of nitro groups is 1. The van der Waals surface area contributed by atoms with Gasteiger partial charge in [-0.3, -0.25) is 30.6 Å². The zero-order chi connectivity index (χ0) is 24.5. The second kappa shape index (κ2) is 11.1. The monoisotopic (exact) mass is 461 g/mol. The van der Waals surface area contributed by atoms with Gasteiger partial charge in [0.2, 0.25) is 0 Å². The summed E-state index contributed by atoms with van der Waals surface area (Å²) in [5.74, 6) is -2.88. The van der Waals surface area contributed by atoms with Crippen molar-refractivity contribution < 1.29 is 43.0 Å². The van der Waals surface area contributed by atoms with Crippen LogP contribution < -0.4 is 20.3 Å². The van der Waals surface area contributed by atoms with Crippen LogP contribution >= 0.6 is 0 Å². The molecule has 2 N–H and O–H groups in total. The highest BCUT2D eigenvalue weighted by atomic mass is 16.6. The molecule has 0 fully saturated rings. The number of hydrogen-bond donors (Lipinski definition) is 2. The average Bonchev–Trinajstić information content (AvgIpc) is 2.84. The fraction of sp³-hybridized carbons (Fsp3) is 0.200. The summed E-state index contributed by atoms with van der Waals surface area (Å²) in [5.41, 5.74) is 3.20. The molecule has 0 saturated carbocycles. The first-order valence-electron chi connectivity index (χ1n) is 9.06. The van der Waals surface area contributed by atoms with Crippen molar-refractivity contribution in [3.8, 4) is 11.5 Å². The van der Waals surface area contributed by atoms with E-state index in [0.29, 0.717) is 11.5 Å². The molecule has 0 spiro atoms. The first kappa shape index (κ1) is 24.6. The summed E-state index contributed by atoms with van der Waals surface area (Å²) in [5, 5.41) is 11.0. The van der Waals surface area contributed by atoms with Crippen LogP contribution in [0.2, 0.25) is 0 Å². The van der Waals surface area contributed by atoms with Crippen LogP contribution in [0.15, 0.2) is 36.4 Å². The average molecular weight is 461 g/mol. The van der Waals surface area contributed by atoms with Crippen LogP contribution in [-0.4, -0.2) is 56.6 Å². The van der Waals surface area contributed by atoms with E-state index in [1.807, 2.05) is 0 Å². The number of nitrogens with one attached hydrogen (secondary N) is 2. The zero-order valence-corrected chi connectivity index (χ0v) is 17.7. The molecule has 0 aromatic heterocycles. The number of esters is 2. The Labute approximate surface area is 186 Å². The van der Waals surface area contributed by atoms with Crippen molar-refractivity contribution in [2.45, 2.75) is 0 Å². The summed E-state index contributed by atoms with van der Waals surface area (Å²) in [6.07, 6.45) is 0. The summed E-state index contributed by atoms with van der Waals surface area (Å²) in [6.45, 7) is -0.818. The van der Waals surface area contributed by atoms with E-state index in [4.69, 9.17) is 14.2 Å². The predicted molar refractivity (Wildman–Crippen MR) is 110 cm³/mol. The molecular weight excluding hydrogens is 442 g/mol. The lowest BCUT2D eigenvalue weighted by molar-refractivity contribution is -0.384. The van der Waals surface area contributed by atoms with Crippen LogP contribution in [0.25, 0.3) is 0 Å². The Kier molecular flexibility index (Phi) is 8.26. The number of hydrazine groups is 1. The Morgan fingerprint density at radius 1 is 0.848 bits per heavy atom. The first-order chi connectivity index (χ1) is 15.7. The summed E-state index contributed by atoms with van der Waals surface area (Å²) >= 11 is 0. The molecule has 0 aliphatic rings. The summed E-state index contributed by atoms with van der Waals surface area (Å²) in [7, 11) is 3.90. The van der Waals surface area contributed by atoms with Crippen molar-refractivity contribution in [3.63, 3.8) is 0 Å². The molecule has 2 rings (SSSR count). The van der Waals surface area contributed by atoms with E-state index < -0.39 is 41.0 Å². The smallest absolute Gasteiger partial charge is 0.338 e. The minimum atomic E-state index is -1.11. The van der Waals surface area contributed by atoms with Gasteiger partial charge in [-0.2, -0.15) is 0 Å². The molecule has 0 bridgehead atoms. The van der Waals surface area contributed by atoms with Gasteiger partial charge in [0, 0.05) is 17.7 Å². The zero-order valence-electron chi connectivity index (χ0n) is 17.7. The number of non-ortho nitro benzene ring substituents is 1. The van der Waals surface area contributed by atoms with Crippen molar-refractivity contribution in [3.05, 3.63) is 63.2 Å². The van der Waals surface area contributed by atoms with Gasteiger partial charge in [0.05, 0.1) is 37.4 Å². The third kappa shape index (κ3) is 6.40. The SMILES string of the molecule is COC(=O)c1cc(C(=O)OCC(=O)NNC(=O)c2ccc(OC)c(OC)c2)cc([N+](=O)[O-])c1. The van der Waals surface area contributed by atoms with E-state index in [1.54, 1.807) is 0 Å². The number of carbonyl (C=O) groups excluding carboxylic acids is 4. The number of hydrogen-bond acceptors (Lipinski definition) is 10. The normalized spacial score (nSPS) is 9.91. The van der Waals surface area contributed by atoms with E-state index in [9.17, 15) is 29.3 Å². The number of ether oxygens (including phenoxy) is 4. The topological polar surface area (TPSA) is 172 Å². The Bertz CT molecular complexity index is 1100. The van der Waals surface area contributed by atoms with Gasteiger partial charge in [-0.25, -0.2) is 9.59 Å². The van der Waals surface area contributed by atoms with Crippen molar-refractivity contribution >= 4 is 29.4 Å². The fourth-order valence-electron chi connectivity index (χ4n) is 2.50. The highest BCUT2D eigenvalue weighted by Gasteiger charge is 2.20. The van der Waals surface area contributed by atoms with Crippen LogP contribution in [0.5, 0.6) is 11.5 Å². The van der Waals surface area contributed by atoms with Gasteiger partial charge in [-0.1, -0.05) is 0 Å². The molecule has 0 atom stereocenters. The van der Waals surface area contributed by atoms with Gasteiger partial charge in [-0.05, 0) is 24.3 Å². The fourth-order valence-corrected chi connectivity index (χ4v) is 2.50. The van der Waals surface area contributed by atoms with Crippen molar-refractivity contribution in [2.75, 3.05) is 27.9 Å². The molecule has 174 valence electrons. The third-order valence-electron chi connectivity index (χ3n) is 4.08. The molecule has 2 amide bonds. The molecule has 13 nitrogen and oxygen atoms in total. The third-order valence-corrected chi connectivity index (χ3v) is 4.08. The first-order valence-corrected chi connectivity index (χ1v) is 9.06. The van der Waals surface area contributed by atoms with Gasteiger partial charge in [0.1, 0.15) is 0 Å². The maximum absolute atomic E-state index is 12.2. The van der Waals surface area contributed by atoms with Gasteiger partial charge in [-0.15, -0.1) is 0 Å². The predicted octanol–water partition coefficient (Wildman–Crippen LogP) is 1.02. The van der Waals surface area contributed by atoms with E-state index in [1.165, 1.54) is 32.4 Å². The molecule has 0 radical (unpaired) electrons. The Hall–Kier alpha value is -4.68. The lowest BCUT2D eigenvalue weighted by atomic mass is 10.1. The lowest BCUT2D eigenvalue weighted by Crippen LogP contribution is -2.43. The van der Waals surface area contributed by atoms with Gasteiger partial charge >= 0.3 is 11.9 Å². The molecule has 2 aromatic rings. The van der Waals surface area contributed by atoms with Crippen LogP contribution in [0.3, 0.4) is 0 Å². The Morgan fingerprint density at radius 3 is 2.06 bits per heavy atom. The van der Waals surface area contributed by atoms with Crippen molar-refractivity contribution in [2.24, 2.45) is 0 Å². The van der Waals surface area contributed by atoms with Crippen LogP contribution in [-0.2, 0) is 14.3 Å². The second-order valence-electron chi connectivity index (χ2n) is 6.17. The largest absolute Gasteiger partial charge is 0.493 e. The van der Waals surface area contributed by atoms with Gasteiger partial charge in [0.25, 0.3) is 17.5 Å². The number of amides is 2. The number of carbonyl (C=O) groups is 4. The maximum atomic E-state index is 12.2. The molecular formula is C20H19N3O10. The van der Waals surface area contributed by atoms with Gasteiger partial charge in [0.15, 0.2) is 18.1 Å². The molecule has 13 heteroatoms. The molecule has 0 saturated heterocycles. The number of benzene rings is 2. The highest BCUT2D eigenvalue weighted by Crippen LogP contribution is 2.27. The van der Waals surface area contributed by atoms with Crippen LogP contribution in [0, 0.1) is 10.1 Å². The number of methoxy groups -OCH3 is 3. The minimum absolute atomic E-state index is 0.150. The molecule has 2 aromatic carbocycles. The second-order valence-corrected chi connectivity index (χ2v) is 6.17. The van der Waals surface area contributed by atoms with E-state index in [2.05, 4.69) is 15.6 Å². The highest BCUT2D eigenvalue weighted by molar-refractivity contribution is 5.98. The summed E-state index contributed by atoms with van der Waals surface area (Å²) in [6, 6.07) is 7.16. The van der Waals surface area contributed by atoms with Crippen LogP contribution in [0.4, 0.5) is 5.69 Å². The van der Waals surface area contributed by atoms with E-state index in [-0.39, 0.29) is 16.7 Å². The summed E-state index contributed by atoms with van der Waals surface area (Å²) in [4.78, 5) is 58.1. The van der Waals surface area contributed by atoms with Gasteiger partial charge < -0.3 is 18.9 Å². The standard InChI is InChI=1S/C20H19N3O10/c1-30-15-5-4-11(9-16(15)31-2)18(25)22-21-17(24)10-33-20(27)13-6-12(19(26)32-3)7-14(8-13)23(28)29/h4-9H,10H2,1-3H3,(H,21,24)(H,22,25). The number of nitro benzene ring substituents is 1. The molecule has 0 heterocycles. The Balaban J connectivity index is 1.97. The quantitative estimate of drug-likeness (QED) is 0.328. The minimum Gasteiger partial charge on any atom is -0.493 e. The number of nitrogens with zero attached hydrogens (tertiary/aromatic N) is 1. The van der Waals surface area contributed by atoms with Crippen LogP contribution in [0.1, 0.15) is 31.1 Å².